The molecule has 1 fully saturated rings. The number of rotatable bonds is 2. The average molecular weight is 465 g/mol. The maximum Gasteiger partial charge on any atom is 0.265 e. The Balaban J connectivity index is 1.50. The predicted molar refractivity (Wildman–Crippen MR) is 108 cm³/mol. The summed E-state index contributed by atoms with van der Waals surface area (Å²) in [5.41, 5.74) is 6.66. The maximum absolute atomic E-state index is 15.9. The van der Waals surface area contributed by atoms with E-state index in [1.165, 1.54) is 0 Å². The molecule has 2 N–H and O–H groups in total. The molecule has 2 aliphatic carbocycles. The molecule has 4 aliphatic heterocycles. The second kappa shape index (κ2) is 6.89. The predicted octanol–water partition coefficient (Wildman–Crippen LogP) is 1.60. The van der Waals surface area contributed by atoms with Gasteiger partial charge in [-0.1, -0.05) is 11.2 Å². The van der Waals surface area contributed by atoms with Crippen molar-refractivity contribution in [2.45, 2.75) is 30.5 Å². The summed E-state index contributed by atoms with van der Waals surface area (Å²) in [4.78, 5) is 33.4. The van der Waals surface area contributed by atoms with Crippen molar-refractivity contribution in [1.82, 2.24) is 9.80 Å². The van der Waals surface area contributed by atoms with E-state index in [0.29, 0.717) is 25.3 Å². The van der Waals surface area contributed by atoms with E-state index in [4.69, 9.17) is 26.9 Å². The number of hydrogen-bond donors (Lipinski definition) is 1. The van der Waals surface area contributed by atoms with Crippen molar-refractivity contribution in [2.24, 2.45) is 22.7 Å². The SMILES string of the molecule is NCC1CN(C2=CC3C=C4C(F)=NOC4N4C5=C(OC(=C2F)C34)C(=O)C(=O)CC5)CC1Cl. The zero-order valence-electron chi connectivity index (χ0n) is 16.8. The number of nitrogens with two attached hydrogens (primary N) is 1. The van der Waals surface area contributed by atoms with E-state index in [1.807, 2.05) is 0 Å². The number of halogens is 3. The minimum atomic E-state index is -0.954. The highest BCUT2D eigenvalue weighted by Gasteiger charge is 2.54. The quantitative estimate of drug-likeness (QED) is 0.489. The second-order valence-electron chi connectivity index (χ2n) is 8.67. The number of alkyl halides is 1. The molecule has 5 atom stereocenters. The molecule has 168 valence electrons. The second-order valence-corrected chi connectivity index (χ2v) is 9.23. The lowest BCUT2D eigenvalue weighted by Crippen LogP contribution is -2.56. The number of ether oxygens (including phenoxy) is 1. The summed E-state index contributed by atoms with van der Waals surface area (Å²) < 4.78 is 36.1. The summed E-state index contributed by atoms with van der Waals surface area (Å²) in [7, 11) is 0. The Morgan fingerprint density at radius 1 is 1.22 bits per heavy atom. The molecule has 6 aliphatic rings. The Morgan fingerprint density at radius 2 is 2.03 bits per heavy atom. The Kier molecular flexibility index (Phi) is 4.29. The summed E-state index contributed by atoms with van der Waals surface area (Å²) in [6.45, 7) is 1.21. The molecule has 0 bridgehead atoms. The van der Waals surface area contributed by atoms with E-state index in [1.54, 1.807) is 22.0 Å². The number of hydrogen-bond acceptors (Lipinski definition) is 8. The number of likely N-dealkylation sites (tertiary alicyclic amines) is 1. The van der Waals surface area contributed by atoms with Crippen molar-refractivity contribution in [2.75, 3.05) is 19.6 Å². The van der Waals surface area contributed by atoms with Crippen molar-refractivity contribution in [3.05, 3.63) is 46.5 Å². The third kappa shape index (κ3) is 2.59. The van der Waals surface area contributed by atoms with Crippen LogP contribution in [-0.2, 0) is 19.2 Å². The Bertz CT molecular complexity index is 1110. The lowest BCUT2D eigenvalue weighted by atomic mass is 9.81. The molecule has 4 heterocycles. The molecule has 0 radical (unpaired) electrons. The minimum Gasteiger partial charge on any atom is -0.450 e. The maximum atomic E-state index is 15.9. The van der Waals surface area contributed by atoms with Crippen LogP contribution < -0.4 is 5.73 Å². The first-order chi connectivity index (χ1) is 15.4. The Hall–Kier alpha value is -2.72. The van der Waals surface area contributed by atoms with Gasteiger partial charge in [0.2, 0.25) is 12.0 Å². The smallest absolute Gasteiger partial charge is 0.265 e. The topological polar surface area (TPSA) is 97.5 Å². The lowest BCUT2D eigenvalue weighted by Gasteiger charge is -2.49. The number of carbonyl (C=O) groups excluding carboxylic acids is 2. The van der Waals surface area contributed by atoms with Crippen LogP contribution in [0.3, 0.4) is 0 Å². The van der Waals surface area contributed by atoms with Crippen LogP contribution >= 0.6 is 11.6 Å². The monoisotopic (exact) mass is 464 g/mol. The number of ketones is 2. The largest absolute Gasteiger partial charge is 0.450 e. The van der Waals surface area contributed by atoms with E-state index in [9.17, 15) is 14.0 Å². The molecular formula is C21H19ClF2N4O4. The van der Waals surface area contributed by atoms with Gasteiger partial charge in [-0.05, 0) is 19.0 Å². The van der Waals surface area contributed by atoms with Gasteiger partial charge in [-0.2, -0.15) is 4.39 Å². The number of oxime groups is 1. The van der Waals surface area contributed by atoms with Crippen LogP contribution in [0.15, 0.2) is 51.6 Å². The molecule has 5 unspecified atom stereocenters. The molecule has 6 rings (SSSR count). The van der Waals surface area contributed by atoms with Crippen LogP contribution in [0.1, 0.15) is 12.8 Å². The average Bonchev–Trinajstić information content (AvgIpc) is 3.35. The van der Waals surface area contributed by atoms with Gasteiger partial charge in [0, 0.05) is 31.3 Å². The molecule has 0 saturated carbocycles. The van der Waals surface area contributed by atoms with Crippen LogP contribution in [-0.4, -0.2) is 64.6 Å². The molecule has 0 amide bonds. The van der Waals surface area contributed by atoms with Gasteiger partial charge in [0.25, 0.3) is 11.7 Å². The third-order valence-electron chi connectivity index (χ3n) is 6.92. The number of allylic oxidation sites excluding steroid dienone is 3. The van der Waals surface area contributed by atoms with E-state index in [2.05, 4.69) is 5.16 Å². The first-order valence-corrected chi connectivity index (χ1v) is 10.9. The molecule has 8 nitrogen and oxygen atoms in total. The van der Waals surface area contributed by atoms with Crippen molar-refractivity contribution in [1.29, 1.82) is 0 Å². The first kappa shape index (κ1) is 19.9. The van der Waals surface area contributed by atoms with Gasteiger partial charge >= 0.3 is 0 Å². The van der Waals surface area contributed by atoms with Gasteiger partial charge in [-0.3, -0.25) is 9.59 Å². The fourth-order valence-corrected chi connectivity index (χ4v) is 5.68. The Morgan fingerprint density at radius 3 is 2.78 bits per heavy atom. The van der Waals surface area contributed by atoms with Crippen molar-refractivity contribution < 1.29 is 27.9 Å². The highest BCUT2D eigenvalue weighted by molar-refractivity contribution is 6.43. The van der Waals surface area contributed by atoms with E-state index >= 15 is 4.39 Å². The molecule has 32 heavy (non-hydrogen) atoms. The van der Waals surface area contributed by atoms with Crippen LogP contribution in [0.25, 0.3) is 0 Å². The van der Waals surface area contributed by atoms with Crippen LogP contribution in [0.2, 0.25) is 0 Å². The van der Waals surface area contributed by atoms with Crippen LogP contribution in [0.4, 0.5) is 8.78 Å². The van der Waals surface area contributed by atoms with E-state index in [0.717, 1.165) is 0 Å². The van der Waals surface area contributed by atoms with Gasteiger partial charge in [0.05, 0.1) is 22.3 Å². The molecular weight excluding hydrogens is 446 g/mol. The molecule has 0 aromatic carbocycles. The number of nitrogens with zero attached hydrogens (tertiary/aromatic N) is 3. The standard InChI is InChI=1S/C21H19ClF2N4O4/c22-11-7-27(6-9(11)5-25)13-4-8-3-10-20(24)26-32-21(10)28-12-1-2-14(29)17(30)18(12)31-19(15(13)23)16(8)28/h3-4,8-9,11,16,21H,1-2,5-7,25H2. The minimum absolute atomic E-state index is 0.00198. The van der Waals surface area contributed by atoms with Gasteiger partial charge < -0.3 is 25.1 Å². The fraction of sp³-hybridized carbons (Fsp3) is 0.476. The van der Waals surface area contributed by atoms with Crippen LogP contribution in [0, 0.1) is 11.8 Å². The third-order valence-corrected chi connectivity index (χ3v) is 7.42. The van der Waals surface area contributed by atoms with Crippen molar-refractivity contribution in [3.63, 3.8) is 0 Å². The van der Waals surface area contributed by atoms with Gasteiger partial charge in [-0.25, -0.2) is 4.39 Å². The van der Waals surface area contributed by atoms with Gasteiger partial charge in [0.1, 0.15) is 6.04 Å². The highest BCUT2D eigenvalue weighted by atomic mass is 35.5. The zero-order chi connectivity index (χ0) is 22.3. The zero-order valence-corrected chi connectivity index (χ0v) is 17.5. The molecule has 0 aromatic heterocycles. The van der Waals surface area contributed by atoms with E-state index < -0.39 is 41.5 Å². The number of Topliss-reactive ketones (excluding diaryl/α,β-unsaturated/α-hetero) is 2. The molecule has 11 heteroatoms. The number of carbonyl (C=O) groups is 2. The molecule has 0 spiro atoms. The molecule has 0 aromatic rings. The van der Waals surface area contributed by atoms with Crippen molar-refractivity contribution in [3.8, 4) is 0 Å². The summed E-state index contributed by atoms with van der Waals surface area (Å²) in [6.07, 6.45) is 2.63. The lowest BCUT2D eigenvalue weighted by molar-refractivity contribution is -0.138. The number of fused-ring (bicyclic) bond motifs is 3. The first-order valence-electron chi connectivity index (χ1n) is 10.5. The van der Waals surface area contributed by atoms with E-state index in [-0.39, 0.29) is 46.9 Å². The van der Waals surface area contributed by atoms with Crippen LogP contribution in [0.5, 0.6) is 0 Å². The molecule has 1 saturated heterocycles. The Labute approximate surface area is 186 Å². The van der Waals surface area contributed by atoms with Crippen molar-refractivity contribution >= 4 is 29.1 Å². The summed E-state index contributed by atoms with van der Waals surface area (Å²) >= 11 is 6.39. The van der Waals surface area contributed by atoms with Gasteiger partial charge in [0.15, 0.2) is 17.3 Å². The summed E-state index contributed by atoms with van der Waals surface area (Å²) in [6, 6.07) is -0.687. The normalized spacial score (nSPS) is 35.6. The van der Waals surface area contributed by atoms with Gasteiger partial charge in [-0.15, -0.1) is 11.6 Å². The fourth-order valence-electron chi connectivity index (χ4n) is 5.33. The highest BCUT2D eigenvalue weighted by Crippen LogP contribution is 2.50. The summed E-state index contributed by atoms with van der Waals surface area (Å²) in [5.74, 6) is -3.64. The summed E-state index contributed by atoms with van der Waals surface area (Å²) in [5, 5.41) is 3.21.